The van der Waals surface area contributed by atoms with Crippen molar-refractivity contribution in [2.45, 2.75) is 37.7 Å². The van der Waals surface area contributed by atoms with E-state index in [1.807, 2.05) is 17.0 Å². The summed E-state index contributed by atoms with van der Waals surface area (Å²) in [5.74, 6) is 1.75. The Balaban J connectivity index is 1.31. The van der Waals surface area contributed by atoms with Crippen LogP contribution in [0.3, 0.4) is 0 Å². The molecule has 0 bridgehead atoms. The van der Waals surface area contributed by atoms with E-state index in [-0.39, 0.29) is 17.3 Å². The molecule has 3 fully saturated rings. The van der Waals surface area contributed by atoms with Crippen LogP contribution in [-0.4, -0.2) is 72.4 Å². The minimum atomic E-state index is -0.258. The maximum absolute atomic E-state index is 12.7. The van der Waals surface area contributed by atoms with E-state index in [4.69, 9.17) is 14.7 Å². The van der Waals surface area contributed by atoms with Crippen LogP contribution in [0, 0.1) is 17.2 Å². The van der Waals surface area contributed by atoms with Gasteiger partial charge in [-0.1, -0.05) is 0 Å². The summed E-state index contributed by atoms with van der Waals surface area (Å²) in [7, 11) is 0. The number of hydrogen-bond donors (Lipinski definition) is 0. The highest BCUT2D eigenvalue weighted by Gasteiger charge is 2.41. The third-order valence-corrected chi connectivity index (χ3v) is 6.13. The van der Waals surface area contributed by atoms with Crippen LogP contribution in [0.15, 0.2) is 12.3 Å². The predicted octanol–water partition coefficient (Wildman–Crippen LogP) is 1.36. The number of aromatic nitrogens is 2. The lowest BCUT2D eigenvalue weighted by atomic mass is 9.89. The van der Waals surface area contributed by atoms with Crippen molar-refractivity contribution in [3.05, 3.63) is 18.1 Å². The highest BCUT2D eigenvalue weighted by molar-refractivity contribution is 5.76. The molecule has 8 nitrogen and oxygen atoms in total. The van der Waals surface area contributed by atoms with Gasteiger partial charge >= 0.3 is 0 Å². The molecule has 0 aliphatic carbocycles. The Morgan fingerprint density at radius 2 is 2.18 bits per heavy atom. The summed E-state index contributed by atoms with van der Waals surface area (Å²) < 4.78 is 11.6. The number of nitriles is 1. The van der Waals surface area contributed by atoms with Crippen molar-refractivity contribution in [1.29, 1.82) is 5.26 Å². The zero-order valence-corrected chi connectivity index (χ0v) is 16.2. The average Bonchev–Trinajstić information content (AvgIpc) is 3.26. The molecule has 1 amide bonds. The number of carbonyl (C=O) groups excluding carboxylic acids is 1. The lowest BCUT2D eigenvalue weighted by Crippen LogP contribution is -2.58. The molecular formula is C20H27N5O3. The normalized spacial score (nSPS) is 24.3. The van der Waals surface area contributed by atoms with E-state index in [0.717, 1.165) is 57.8 Å². The lowest BCUT2D eigenvalue weighted by molar-refractivity contribution is -0.154. The fourth-order valence-corrected chi connectivity index (χ4v) is 4.38. The molecule has 0 radical (unpaired) electrons. The van der Waals surface area contributed by atoms with E-state index < -0.39 is 0 Å². The van der Waals surface area contributed by atoms with E-state index in [9.17, 15) is 4.79 Å². The monoisotopic (exact) mass is 385 g/mol. The summed E-state index contributed by atoms with van der Waals surface area (Å²) in [5.41, 5.74) is -0.258. The summed E-state index contributed by atoms with van der Waals surface area (Å²) in [4.78, 5) is 25.1. The number of carbonyl (C=O) groups is 1. The van der Waals surface area contributed by atoms with Crippen LogP contribution in [-0.2, 0) is 14.3 Å². The van der Waals surface area contributed by atoms with Crippen molar-refractivity contribution in [2.75, 3.05) is 50.9 Å². The third kappa shape index (κ3) is 4.26. The Morgan fingerprint density at radius 3 is 2.93 bits per heavy atom. The molecule has 1 aromatic heterocycles. The van der Waals surface area contributed by atoms with Gasteiger partial charge in [0.25, 0.3) is 0 Å². The number of anilines is 1. The number of morpholine rings is 1. The molecule has 3 saturated heterocycles. The van der Waals surface area contributed by atoms with Crippen LogP contribution in [0.1, 0.15) is 37.9 Å². The van der Waals surface area contributed by atoms with Gasteiger partial charge in [-0.2, -0.15) is 5.26 Å². The van der Waals surface area contributed by atoms with E-state index in [2.05, 4.69) is 14.9 Å². The molecule has 3 aliphatic rings. The molecule has 1 atom stereocenters. The number of rotatable bonds is 4. The minimum absolute atomic E-state index is 0.191. The molecule has 150 valence electrons. The van der Waals surface area contributed by atoms with Gasteiger partial charge in [0.15, 0.2) is 0 Å². The smallest absolute Gasteiger partial charge is 0.234 e. The van der Waals surface area contributed by atoms with Crippen molar-refractivity contribution in [1.82, 2.24) is 14.9 Å². The van der Waals surface area contributed by atoms with Crippen molar-refractivity contribution in [3.63, 3.8) is 0 Å². The van der Waals surface area contributed by atoms with Crippen LogP contribution < -0.4 is 4.90 Å². The quantitative estimate of drug-likeness (QED) is 0.773. The first-order chi connectivity index (χ1) is 13.7. The maximum atomic E-state index is 12.7. The second kappa shape index (κ2) is 8.41. The Kier molecular flexibility index (Phi) is 5.74. The number of hydrogen-bond acceptors (Lipinski definition) is 7. The second-order valence-electron chi connectivity index (χ2n) is 7.95. The van der Waals surface area contributed by atoms with Gasteiger partial charge in [0.1, 0.15) is 11.9 Å². The molecule has 0 aromatic carbocycles. The van der Waals surface area contributed by atoms with Gasteiger partial charge in [-0.25, -0.2) is 9.97 Å². The van der Waals surface area contributed by atoms with Gasteiger partial charge in [0.2, 0.25) is 11.7 Å². The predicted molar refractivity (Wildman–Crippen MR) is 102 cm³/mol. The number of piperidine rings is 1. The van der Waals surface area contributed by atoms with Crippen molar-refractivity contribution >= 4 is 11.7 Å². The molecule has 3 aliphatic heterocycles. The maximum Gasteiger partial charge on any atom is 0.234 e. The average molecular weight is 385 g/mol. The molecule has 1 unspecified atom stereocenters. The summed E-state index contributed by atoms with van der Waals surface area (Å²) in [5, 5.41) is 9.00. The first kappa shape index (κ1) is 19.1. The molecule has 0 N–H and O–H groups in total. The van der Waals surface area contributed by atoms with Gasteiger partial charge in [0.05, 0.1) is 12.2 Å². The SMILES string of the molecule is N#Cc1nccc(N2CCC3(CC2)CN(C(=O)CCC2CCOC2)CCO3)n1. The second-order valence-corrected chi connectivity index (χ2v) is 7.95. The van der Waals surface area contributed by atoms with Crippen LogP contribution in [0.4, 0.5) is 5.82 Å². The Hall–Kier alpha value is -2.24. The molecular weight excluding hydrogens is 358 g/mol. The lowest BCUT2D eigenvalue weighted by Gasteiger charge is -2.47. The summed E-state index contributed by atoms with van der Waals surface area (Å²) >= 11 is 0. The molecule has 4 heterocycles. The molecule has 4 rings (SSSR count). The fourth-order valence-electron chi connectivity index (χ4n) is 4.38. The van der Waals surface area contributed by atoms with Crippen LogP contribution >= 0.6 is 0 Å². The summed E-state index contributed by atoms with van der Waals surface area (Å²) in [6, 6.07) is 3.82. The first-order valence-electron chi connectivity index (χ1n) is 10.1. The van der Waals surface area contributed by atoms with Crippen molar-refractivity contribution in [2.24, 2.45) is 5.92 Å². The van der Waals surface area contributed by atoms with Crippen molar-refractivity contribution < 1.29 is 14.3 Å². The number of ether oxygens (including phenoxy) is 2. The third-order valence-electron chi connectivity index (χ3n) is 6.13. The van der Waals surface area contributed by atoms with Gasteiger partial charge < -0.3 is 19.3 Å². The van der Waals surface area contributed by atoms with Crippen molar-refractivity contribution in [3.8, 4) is 6.07 Å². The van der Waals surface area contributed by atoms with Crippen LogP contribution in [0.25, 0.3) is 0 Å². The summed E-state index contributed by atoms with van der Waals surface area (Å²) in [6.45, 7) is 5.18. The first-order valence-corrected chi connectivity index (χ1v) is 10.1. The highest BCUT2D eigenvalue weighted by Crippen LogP contribution is 2.32. The van der Waals surface area contributed by atoms with E-state index in [0.29, 0.717) is 32.0 Å². The molecule has 8 heteroatoms. The Bertz CT molecular complexity index is 736. The van der Waals surface area contributed by atoms with Crippen LogP contribution in [0.5, 0.6) is 0 Å². The summed E-state index contributed by atoms with van der Waals surface area (Å²) in [6.07, 6.45) is 5.92. The molecule has 28 heavy (non-hydrogen) atoms. The highest BCUT2D eigenvalue weighted by atomic mass is 16.5. The van der Waals surface area contributed by atoms with E-state index in [1.54, 1.807) is 6.20 Å². The van der Waals surface area contributed by atoms with E-state index >= 15 is 0 Å². The van der Waals surface area contributed by atoms with Gasteiger partial charge in [0, 0.05) is 52.0 Å². The zero-order valence-electron chi connectivity index (χ0n) is 16.2. The van der Waals surface area contributed by atoms with E-state index in [1.165, 1.54) is 0 Å². The van der Waals surface area contributed by atoms with Gasteiger partial charge in [-0.15, -0.1) is 0 Å². The largest absolute Gasteiger partial charge is 0.381 e. The standard InChI is InChI=1S/C20H27N5O3/c21-13-17-22-7-3-18(23-17)24-8-5-20(6-9-24)15-25(10-12-28-20)19(26)2-1-16-4-11-27-14-16/h3,7,16H,1-2,4-6,8-12,14-15H2. The Morgan fingerprint density at radius 1 is 1.32 bits per heavy atom. The topological polar surface area (TPSA) is 91.6 Å². The minimum Gasteiger partial charge on any atom is -0.381 e. The van der Waals surface area contributed by atoms with Gasteiger partial charge in [-0.3, -0.25) is 4.79 Å². The fraction of sp³-hybridized carbons (Fsp3) is 0.700. The number of nitrogens with zero attached hydrogens (tertiary/aromatic N) is 5. The van der Waals surface area contributed by atoms with Crippen LogP contribution in [0.2, 0.25) is 0 Å². The molecule has 0 saturated carbocycles. The molecule has 1 aromatic rings. The zero-order chi connectivity index (χ0) is 19.4. The number of amides is 1. The van der Waals surface area contributed by atoms with Gasteiger partial charge in [-0.05, 0) is 37.7 Å². The molecule has 1 spiro atoms. The Labute approximate surface area is 165 Å².